The molecule has 2 nitrogen and oxygen atoms in total. The Morgan fingerprint density at radius 1 is 0.667 bits per heavy atom. The fraction of sp³-hybridized carbons (Fsp3) is 1.00. The predicted octanol–water partition coefficient (Wildman–Crippen LogP) is 6.16. The lowest BCUT2D eigenvalue weighted by Gasteiger charge is -2.49. The van der Waals surface area contributed by atoms with Crippen LogP contribution in [0.3, 0.4) is 0 Å². The highest BCUT2D eigenvalue weighted by atomic mass is 15.1. The maximum absolute atomic E-state index is 3.99. The summed E-state index contributed by atoms with van der Waals surface area (Å²) in [5, 5.41) is 7.91. The molecule has 0 saturated carbocycles. The third-order valence-corrected chi connectivity index (χ3v) is 5.66. The number of hydrogen-bond donors (Lipinski definition) is 2. The minimum absolute atomic E-state index is 0.203. The molecule has 0 rings (SSSR count). The Hall–Kier alpha value is -0.0800. The first-order valence-corrected chi connectivity index (χ1v) is 11.0. The first-order valence-electron chi connectivity index (χ1n) is 11.0. The van der Waals surface area contributed by atoms with Crippen molar-refractivity contribution in [2.75, 3.05) is 13.1 Å². The lowest BCUT2D eigenvalue weighted by molar-refractivity contribution is 0.101. The van der Waals surface area contributed by atoms with Crippen LogP contribution in [0.25, 0.3) is 0 Å². The Morgan fingerprint density at radius 3 is 1.71 bits per heavy atom. The van der Waals surface area contributed by atoms with E-state index in [1.807, 2.05) is 0 Å². The summed E-state index contributed by atoms with van der Waals surface area (Å²) in [6.07, 6.45) is 12.0. The highest BCUT2D eigenvalue weighted by Crippen LogP contribution is 2.33. The zero-order valence-electron chi connectivity index (χ0n) is 18.0. The Morgan fingerprint density at radius 2 is 1.21 bits per heavy atom. The minimum Gasteiger partial charge on any atom is -0.312 e. The lowest BCUT2D eigenvalue weighted by Crippen LogP contribution is -2.66. The zero-order chi connectivity index (χ0) is 18.4. The Balaban J connectivity index is 4.93. The molecule has 146 valence electrons. The van der Waals surface area contributed by atoms with Crippen molar-refractivity contribution in [1.82, 2.24) is 10.6 Å². The van der Waals surface area contributed by atoms with Crippen molar-refractivity contribution in [3.8, 4) is 0 Å². The summed E-state index contributed by atoms with van der Waals surface area (Å²) in [7, 11) is 0. The third kappa shape index (κ3) is 7.87. The van der Waals surface area contributed by atoms with Crippen LogP contribution in [0, 0.1) is 11.8 Å². The molecule has 0 aromatic heterocycles. The molecule has 0 radical (unpaired) electrons. The van der Waals surface area contributed by atoms with Crippen LogP contribution in [-0.4, -0.2) is 24.7 Å². The van der Waals surface area contributed by atoms with Crippen LogP contribution in [0.2, 0.25) is 0 Å². The summed E-state index contributed by atoms with van der Waals surface area (Å²) < 4.78 is 0. The van der Waals surface area contributed by atoms with Gasteiger partial charge >= 0.3 is 0 Å². The van der Waals surface area contributed by atoms with Gasteiger partial charge in [0.05, 0.1) is 0 Å². The highest BCUT2D eigenvalue weighted by molar-refractivity contribution is 5.03. The second-order valence-corrected chi connectivity index (χ2v) is 8.23. The topological polar surface area (TPSA) is 24.1 Å². The summed E-state index contributed by atoms with van der Waals surface area (Å²) in [6.45, 7) is 18.7. The maximum Gasteiger partial charge on any atom is 0.0381 e. The summed E-state index contributed by atoms with van der Waals surface area (Å²) >= 11 is 0. The molecule has 0 aliphatic carbocycles. The fourth-order valence-electron chi connectivity index (χ4n) is 4.30. The van der Waals surface area contributed by atoms with Gasteiger partial charge in [0.2, 0.25) is 0 Å². The van der Waals surface area contributed by atoms with Crippen LogP contribution in [0.1, 0.15) is 106 Å². The summed E-state index contributed by atoms with van der Waals surface area (Å²) in [5.41, 5.74) is 0.203. The van der Waals surface area contributed by atoms with Gasteiger partial charge in [-0.1, -0.05) is 87.0 Å². The monoisotopic (exact) mass is 340 g/mol. The van der Waals surface area contributed by atoms with E-state index in [4.69, 9.17) is 0 Å². The van der Waals surface area contributed by atoms with Gasteiger partial charge in [-0.3, -0.25) is 0 Å². The van der Waals surface area contributed by atoms with Crippen molar-refractivity contribution in [3.63, 3.8) is 0 Å². The third-order valence-electron chi connectivity index (χ3n) is 5.66. The van der Waals surface area contributed by atoms with Crippen LogP contribution < -0.4 is 10.6 Å². The van der Waals surface area contributed by atoms with Gasteiger partial charge in [-0.25, -0.2) is 0 Å². The first-order chi connectivity index (χ1) is 11.5. The van der Waals surface area contributed by atoms with E-state index >= 15 is 0 Å². The van der Waals surface area contributed by atoms with E-state index in [-0.39, 0.29) is 5.54 Å². The fourth-order valence-corrected chi connectivity index (χ4v) is 4.30. The van der Waals surface area contributed by atoms with Gasteiger partial charge in [-0.15, -0.1) is 0 Å². The van der Waals surface area contributed by atoms with Crippen molar-refractivity contribution in [1.29, 1.82) is 0 Å². The summed E-state index contributed by atoms with van der Waals surface area (Å²) in [5.74, 6) is 1.27. The first kappa shape index (κ1) is 23.9. The van der Waals surface area contributed by atoms with Crippen LogP contribution >= 0.6 is 0 Å². The molecular formula is C22H48N2. The highest BCUT2D eigenvalue weighted by Gasteiger charge is 2.42. The lowest BCUT2D eigenvalue weighted by atomic mass is 9.69. The van der Waals surface area contributed by atoms with E-state index in [0.29, 0.717) is 17.9 Å². The molecule has 0 aliphatic heterocycles. The number of unbranched alkanes of at least 4 members (excludes halogenated alkanes) is 5. The van der Waals surface area contributed by atoms with E-state index in [1.54, 1.807) is 0 Å². The van der Waals surface area contributed by atoms with Crippen molar-refractivity contribution in [3.05, 3.63) is 0 Å². The smallest absolute Gasteiger partial charge is 0.0381 e. The molecule has 0 spiro atoms. The Bertz CT molecular complexity index is 265. The molecule has 0 aromatic carbocycles. The summed E-state index contributed by atoms with van der Waals surface area (Å²) in [6, 6.07) is 0.579. The van der Waals surface area contributed by atoms with Gasteiger partial charge < -0.3 is 10.6 Å². The van der Waals surface area contributed by atoms with E-state index in [9.17, 15) is 0 Å². The van der Waals surface area contributed by atoms with Crippen LogP contribution in [-0.2, 0) is 0 Å². The molecule has 0 aromatic rings. The molecule has 0 fully saturated rings. The van der Waals surface area contributed by atoms with Gasteiger partial charge in [-0.05, 0) is 44.2 Å². The van der Waals surface area contributed by atoms with Gasteiger partial charge in [0.25, 0.3) is 0 Å². The average Bonchev–Trinajstić information content (AvgIpc) is 2.54. The van der Waals surface area contributed by atoms with Gasteiger partial charge in [0.1, 0.15) is 0 Å². The molecule has 0 aliphatic rings. The van der Waals surface area contributed by atoms with Crippen molar-refractivity contribution >= 4 is 0 Å². The minimum atomic E-state index is 0.203. The van der Waals surface area contributed by atoms with Crippen molar-refractivity contribution < 1.29 is 0 Å². The standard InChI is InChI=1S/C22H48N2/c1-8-11-12-13-14-15-16-21(23-17-9-2)22(19(4)5,20(6)7)24-18-10-3/h19-21,23-24H,8-18H2,1-7H3. The predicted molar refractivity (Wildman–Crippen MR) is 111 cm³/mol. The van der Waals surface area contributed by atoms with Gasteiger partial charge in [0, 0.05) is 11.6 Å². The van der Waals surface area contributed by atoms with Crippen LogP contribution in [0.4, 0.5) is 0 Å². The van der Waals surface area contributed by atoms with E-state index in [1.165, 1.54) is 57.8 Å². The summed E-state index contributed by atoms with van der Waals surface area (Å²) in [4.78, 5) is 0. The zero-order valence-corrected chi connectivity index (χ0v) is 18.0. The molecule has 0 saturated heterocycles. The molecule has 0 bridgehead atoms. The van der Waals surface area contributed by atoms with Gasteiger partial charge in [-0.2, -0.15) is 0 Å². The van der Waals surface area contributed by atoms with E-state index < -0.39 is 0 Å². The second kappa shape index (κ2) is 14.1. The molecule has 1 unspecified atom stereocenters. The number of nitrogens with one attached hydrogen (secondary N) is 2. The van der Waals surface area contributed by atoms with Crippen molar-refractivity contribution in [2.45, 2.75) is 118 Å². The Labute approximate surface area is 154 Å². The molecule has 24 heavy (non-hydrogen) atoms. The molecule has 2 N–H and O–H groups in total. The normalized spacial score (nSPS) is 13.9. The second-order valence-electron chi connectivity index (χ2n) is 8.23. The molecule has 2 heteroatoms. The average molecular weight is 341 g/mol. The van der Waals surface area contributed by atoms with Crippen LogP contribution in [0.15, 0.2) is 0 Å². The van der Waals surface area contributed by atoms with E-state index in [2.05, 4.69) is 59.1 Å². The molecular weight excluding hydrogens is 292 g/mol. The van der Waals surface area contributed by atoms with Crippen LogP contribution in [0.5, 0.6) is 0 Å². The Kier molecular flexibility index (Phi) is 14.1. The number of hydrogen-bond acceptors (Lipinski definition) is 2. The molecule has 1 atom stereocenters. The van der Waals surface area contributed by atoms with Gasteiger partial charge in [0.15, 0.2) is 0 Å². The molecule has 0 heterocycles. The SMILES string of the molecule is CCCCCCCCC(NCCC)C(NCCC)(C(C)C)C(C)C. The quantitative estimate of drug-likeness (QED) is 0.329. The largest absolute Gasteiger partial charge is 0.312 e. The maximum atomic E-state index is 3.99. The van der Waals surface area contributed by atoms with E-state index in [0.717, 1.165) is 13.1 Å². The molecule has 0 amide bonds. The van der Waals surface area contributed by atoms with Crippen molar-refractivity contribution in [2.24, 2.45) is 11.8 Å². The number of rotatable bonds is 16.